The molecule has 2 aromatic carbocycles. The van der Waals surface area contributed by atoms with Crippen LogP contribution in [0.15, 0.2) is 65.7 Å². The van der Waals surface area contributed by atoms with Gasteiger partial charge in [0.2, 0.25) is 5.91 Å². The van der Waals surface area contributed by atoms with E-state index in [1.54, 1.807) is 31.2 Å². The lowest BCUT2D eigenvalue weighted by atomic mass is 10.2. The van der Waals surface area contributed by atoms with Gasteiger partial charge in [0.25, 0.3) is 0 Å². The van der Waals surface area contributed by atoms with Crippen LogP contribution < -0.4 is 15.8 Å². The summed E-state index contributed by atoms with van der Waals surface area (Å²) in [4.78, 5) is 16.6. The van der Waals surface area contributed by atoms with Gasteiger partial charge in [-0.1, -0.05) is 30.0 Å². The maximum absolute atomic E-state index is 12.5. The number of ether oxygens (including phenoxy) is 1. The summed E-state index contributed by atoms with van der Waals surface area (Å²) in [5.74, 6) is 1.14. The molecule has 3 rings (SSSR count). The minimum absolute atomic E-state index is 0.0283. The van der Waals surface area contributed by atoms with Gasteiger partial charge < -0.3 is 15.8 Å². The van der Waals surface area contributed by atoms with Crippen molar-refractivity contribution in [1.82, 2.24) is 4.98 Å². The zero-order valence-electron chi connectivity index (χ0n) is 16.0. The van der Waals surface area contributed by atoms with Gasteiger partial charge in [0.15, 0.2) is 0 Å². The summed E-state index contributed by atoms with van der Waals surface area (Å²) < 4.78 is 5.73. The van der Waals surface area contributed by atoms with Crippen molar-refractivity contribution in [2.45, 2.75) is 17.2 Å². The number of pyridine rings is 1. The molecule has 3 aromatic rings. The molecule has 8 heteroatoms. The van der Waals surface area contributed by atoms with Crippen LogP contribution in [0.1, 0.15) is 18.1 Å². The van der Waals surface area contributed by atoms with Crippen molar-refractivity contribution in [3.8, 4) is 23.6 Å². The van der Waals surface area contributed by atoms with E-state index in [1.165, 1.54) is 6.07 Å². The van der Waals surface area contributed by atoms with Crippen molar-refractivity contribution in [3.63, 3.8) is 0 Å². The van der Waals surface area contributed by atoms with Crippen LogP contribution >= 0.6 is 11.8 Å². The number of hydrogen-bond donors (Lipinski definition) is 2. The van der Waals surface area contributed by atoms with Gasteiger partial charge >= 0.3 is 0 Å². The van der Waals surface area contributed by atoms with Gasteiger partial charge in [-0.15, -0.1) is 0 Å². The van der Waals surface area contributed by atoms with Crippen molar-refractivity contribution in [3.05, 3.63) is 71.8 Å². The Hall–Kier alpha value is -4.01. The van der Waals surface area contributed by atoms with Gasteiger partial charge in [-0.2, -0.15) is 10.5 Å². The highest BCUT2D eigenvalue weighted by Crippen LogP contribution is 2.28. The number of aromatic nitrogens is 1. The second kappa shape index (κ2) is 9.46. The van der Waals surface area contributed by atoms with Crippen LogP contribution in [0.5, 0.6) is 11.5 Å². The van der Waals surface area contributed by atoms with Crippen molar-refractivity contribution in [1.29, 1.82) is 10.5 Å². The topological polar surface area (TPSA) is 125 Å². The summed E-state index contributed by atoms with van der Waals surface area (Å²) in [6.45, 7) is 1.70. The monoisotopic (exact) mass is 415 g/mol. The molecule has 0 saturated carbocycles. The number of para-hydroxylation sites is 1. The first kappa shape index (κ1) is 20.7. The third kappa shape index (κ3) is 5.07. The average Bonchev–Trinajstić information content (AvgIpc) is 2.76. The second-order valence-electron chi connectivity index (χ2n) is 6.19. The van der Waals surface area contributed by atoms with Crippen LogP contribution in [0.3, 0.4) is 0 Å². The fraction of sp³-hybridized carbons (Fsp3) is 0.0909. The molecule has 3 N–H and O–H groups in total. The first-order chi connectivity index (χ1) is 14.5. The Kier molecular flexibility index (Phi) is 6.53. The Morgan fingerprint density at radius 2 is 1.70 bits per heavy atom. The van der Waals surface area contributed by atoms with Crippen LogP contribution in [0.4, 0.5) is 11.5 Å². The Morgan fingerprint density at radius 1 is 1.07 bits per heavy atom. The highest BCUT2D eigenvalue weighted by molar-refractivity contribution is 8.00. The number of nitriles is 2. The minimum Gasteiger partial charge on any atom is -0.457 e. The van der Waals surface area contributed by atoms with Crippen molar-refractivity contribution in [2.75, 3.05) is 11.1 Å². The number of nitrogen functional groups attached to an aromatic ring is 1. The molecule has 148 valence electrons. The number of nitrogens with one attached hydrogen (secondary N) is 1. The number of nitrogens with zero attached hydrogens (tertiary/aromatic N) is 3. The number of anilines is 2. The molecule has 0 radical (unpaired) electrons. The molecule has 1 heterocycles. The van der Waals surface area contributed by atoms with E-state index in [0.29, 0.717) is 16.5 Å². The summed E-state index contributed by atoms with van der Waals surface area (Å²) in [5, 5.41) is 20.9. The zero-order valence-corrected chi connectivity index (χ0v) is 16.8. The Morgan fingerprint density at radius 3 is 2.33 bits per heavy atom. The number of nitrogens with two attached hydrogens (primary N) is 1. The summed E-state index contributed by atoms with van der Waals surface area (Å²) in [5.41, 5.74) is 6.68. The molecule has 0 saturated heterocycles. The fourth-order valence-corrected chi connectivity index (χ4v) is 3.35. The first-order valence-electron chi connectivity index (χ1n) is 8.91. The maximum atomic E-state index is 12.5. The molecule has 0 aliphatic carbocycles. The number of benzene rings is 2. The van der Waals surface area contributed by atoms with Gasteiger partial charge in [0.05, 0.1) is 16.4 Å². The number of thioether (sulfide) groups is 1. The summed E-state index contributed by atoms with van der Waals surface area (Å²) in [7, 11) is 0. The predicted octanol–water partition coefficient (Wildman–Crippen LogP) is 4.32. The summed E-state index contributed by atoms with van der Waals surface area (Å²) in [6, 6.07) is 21.6. The third-order valence-corrected chi connectivity index (χ3v) is 5.12. The molecule has 0 spiro atoms. The molecular weight excluding hydrogens is 398 g/mol. The van der Waals surface area contributed by atoms with E-state index in [9.17, 15) is 10.1 Å². The lowest BCUT2D eigenvalue weighted by Crippen LogP contribution is -2.22. The summed E-state index contributed by atoms with van der Waals surface area (Å²) in [6.07, 6.45) is 0. The molecule has 0 fully saturated rings. The average molecular weight is 415 g/mol. The van der Waals surface area contributed by atoms with E-state index >= 15 is 0 Å². The number of hydrogen-bond acceptors (Lipinski definition) is 7. The van der Waals surface area contributed by atoms with Crippen LogP contribution in [0, 0.1) is 22.7 Å². The Bertz CT molecular complexity index is 1140. The molecule has 0 aliphatic rings. The zero-order chi connectivity index (χ0) is 21.5. The van der Waals surface area contributed by atoms with Gasteiger partial charge in [0.1, 0.15) is 34.5 Å². The SMILES string of the molecule is C[C@H](Sc1nc(N)c(C#N)cc1C#N)C(=O)Nc1ccc(Oc2ccccc2)cc1. The highest BCUT2D eigenvalue weighted by atomic mass is 32.2. The van der Waals surface area contributed by atoms with Crippen LogP contribution in [-0.2, 0) is 4.79 Å². The predicted molar refractivity (Wildman–Crippen MR) is 115 cm³/mol. The van der Waals surface area contributed by atoms with Gasteiger partial charge in [0, 0.05) is 5.69 Å². The summed E-state index contributed by atoms with van der Waals surface area (Å²) >= 11 is 1.10. The highest BCUT2D eigenvalue weighted by Gasteiger charge is 2.19. The van der Waals surface area contributed by atoms with E-state index in [0.717, 1.165) is 17.5 Å². The smallest absolute Gasteiger partial charge is 0.237 e. The largest absolute Gasteiger partial charge is 0.457 e. The van der Waals surface area contributed by atoms with Gasteiger partial charge in [-0.25, -0.2) is 4.98 Å². The number of rotatable bonds is 6. The molecule has 0 unspecified atom stereocenters. The van der Waals surface area contributed by atoms with Crippen LogP contribution in [-0.4, -0.2) is 16.1 Å². The van der Waals surface area contributed by atoms with Gasteiger partial charge in [-0.3, -0.25) is 4.79 Å². The maximum Gasteiger partial charge on any atom is 0.237 e. The minimum atomic E-state index is -0.544. The fourth-order valence-electron chi connectivity index (χ4n) is 2.47. The number of carbonyl (C=O) groups is 1. The van der Waals surface area contributed by atoms with Crippen molar-refractivity contribution < 1.29 is 9.53 Å². The molecule has 0 bridgehead atoms. The second-order valence-corrected chi connectivity index (χ2v) is 7.52. The van der Waals surface area contributed by atoms with Crippen LogP contribution in [0.2, 0.25) is 0 Å². The lowest BCUT2D eigenvalue weighted by Gasteiger charge is -2.13. The first-order valence-corrected chi connectivity index (χ1v) is 9.79. The standard InChI is InChI=1S/C22H17N5O2S/c1-14(30-22-16(13-24)11-15(12-23)20(25)27-22)21(28)26-17-7-9-19(10-8-17)29-18-5-3-2-4-6-18/h2-11,14H,1H3,(H2,25,27)(H,26,28)/t14-/m0/s1. The molecule has 0 aliphatic heterocycles. The molecular formula is C22H17N5O2S. The van der Waals surface area contributed by atoms with E-state index in [2.05, 4.69) is 10.3 Å². The number of carbonyl (C=O) groups excluding carboxylic acids is 1. The quantitative estimate of drug-likeness (QED) is 0.574. The number of amides is 1. The van der Waals surface area contributed by atoms with Crippen molar-refractivity contribution in [2.24, 2.45) is 0 Å². The molecule has 7 nitrogen and oxygen atoms in total. The molecule has 1 aromatic heterocycles. The van der Waals surface area contributed by atoms with Gasteiger partial charge in [-0.05, 0) is 49.4 Å². The third-order valence-electron chi connectivity index (χ3n) is 4.02. The van der Waals surface area contributed by atoms with E-state index in [4.69, 9.17) is 15.7 Å². The Labute approximate surface area is 178 Å². The van der Waals surface area contributed by atoms with E-state index < -0.39 is 5.25 Å². The molecule has 1 atom stereocenters. The van der Waals surface area contributed by atoms with E-state index in [-0.39, 0.29) is 22.9 Å². The van der Waals surface area contributed by atoms with E-state index in [1.807, 2.05) is 42.5 Å². The molecule has 1 amide bonds. The van der Waals surface area contributed by atoms with Crippen molar-refractivity contribution >= 4 is 29.2 Å². The normalized spacial score (nSPS) is 11.0. The Balaban J connectivity index is 1.64. The van der Waals surface area contributed by atoms with Crippen LogP contribution in [0.25, 0.3) is 0 Å². The lowest BCUT2D eigenvalue weighted by molar-refractivity contribution is -0.115. The molecule has 30 heavy (non-hydrogen) atoms.